The van der Waals surface area contributed by atoms with E-state index < -0.39 is 10.0 Å². The minimum atomic E-state index is -3.71. The van der Waals surface area contributed by atoms with Gasteiger partial charge in [-0.05, 0) is 48.1 Å². The minimum absolute atomic E-state index is 0.0271. The van der Waals surface area contributed by atoms with Crippen molar-refractivity contribution in [1.82, 2.24) is 0 Å². The summed E-state index contributed by atoms with van der Waals surface area (Å²) >= 11 is 6.13. The highest BCUT2D eigenvalue weighted by Crippen LogP contribution is 2.70. The number of aryl methyl sites for hydroxylation is 1. The Morgan fingerprint density at radius 2 is 1.71 bits per heavy atom. The van der Waals surface area contributed by atoms with Gasteiger partial charge in [-0.2, -0.15) is 12.8 Å². The van der Waals surface area contributed by atoms with Crippen LogP contribution in [0.15, 0.2) is 51.8 Å². The Kier molecular flexibility index (Phi) is 3.26. The molecule has 2 aromatic carbocycles. The van der Waals surface area contributed by atoms with Crippen molar-refractivity contribution in [2.75, 3.05) is 0 Å². The van der Waals surface area contributed by atoms with E-state index in [1.165, 1.54) is 0 Å². The van der Waals surface area contributed by atoms with E-state index in [0.717, 1.165) is 16.7 Å². The van der Waals surface area contributed by atoms with Gasteiger partial charge in [-0.15, -0.1) is 0 Å². The molecule has 2 atom stereocenters. The summed E-state index contributed by atoms with van der Waals surface area (Å²) < 4.78 is 29.7. The third kappa shape index (κ3) is 2.24. The molecule has 5 heteroatoms. The summed E-state index contributed by atoms with van der Waals surface area (Å²) in [6.07, 6.45) is 0. The molecule has 1 saturated carbocycles. The van der Waals surface area contributed by atoms with Crippen molar-refractivity contribution in [3.05, 3.63) is 64.2 Å². The number of rotatable bonds is 2. The van der Waals surface area contributed by atoms with Gasteiger partial charge in [-0.1, -0.05) is 49.2 Å². The maximum absolute atomic E-state index is 12.7. The first-order chi connectivity index (χ1) is 11.2. The topological polar surface area (TPSA) is 46.5 Å². The van der Waals surface area contributed by atoms with Crippen LogP contribution in [0.5, 0.6) is 0 Å². The Morgan fingerprint density at radius 1 is 1.04 bits per heavy atom. The highest BCUT2D eigenvalue weighted by molar-refractivity contribution is 7.90. The Hall–Kier alpha value is -1.65. The van der Waals surface area contributed by atoms with Crippen LogP contribution < -0.4 is 0 Å². The number of hydrogen-bond acceptors (Lipinski definition) is 2. The van der Waals surface area contributed by atoms with Gasteiger partial charge in [0.25, 0.3) is 10.0 Å². The second-order valence-corrected chi connectivity index (χ2v) is 9.31. The lowest BCUT2D eigenvalue weighted by atomic mass is 9.94. The van der Waals surface area contributed by atoms with Gasteiger partial charge in [-0.3, -0.25) is 0 Å². The van der Waals surface area contributed by atoms with Gasteiger partial charge in [-0.25, -0.2) is 0 Å². The third-order valence-electron chi connectivity index (χ3n) is 5.28. The normalized spacial score (nSPS) is 25.4. The molecular weight excluding hydrogens is 342 g/mol. The van der Waals surface area contributed by atoms with Crippen molar-refractivity contribution in [2.24, 2.45) is 15.7 Å². The average Bonchev–Trinajstić information content (AvgIpc) is 2.91. The summed E-state index contributed by atoms with van der Waals surface area (Å²) in [7, 11) is -3.71. The van der Waals surface area contributed by atoms with Gasteiger partial charge < -0.3 is 0 Å². The van der Waals surface area contributed by atoms with Crippen LogP contribution >= 0.6 is 11.6 Å². The lowest BCUT2D eigenvalue weighted by Crippen LogP contribution is -2.12. The molecule has 0 radical (unpaired) electrons. The molecule has 0 bridgehead atoms. The summed E-state index contributed by atoms with van der Waals surface area (Å²) in [5.41, 5.74) is 3.77. The Morgan fingerprint density at radius 3 is 2.38 bits per heavy atom. The zero-order valence-electron chi connectivity index (χ0n) is 13.7. The summed E-state index contributed by atoms with van der Waals surface area (Å²) in [6, 6.07) is 12.4. The molecule has 2 aliphatic rings. The lowest BCUT2D eigenvalue weighted by Gasteiger charge is -2.13. The van der Waals surface area contributed by atoms with Crippen LogP contribution in [0, 0.1) is 18.3 Å². The molecule has 0 saturated heterocycles. The Labute approximate surface area is 147 Å². The number of benzene rings is 2. The van der Waals surface area contributed by atoms with Crippen molar-refractivity contribution in [3.63, 3.8) is 0 Å². The Balaban J connectivity index is 1.85. The van der Waals surface area contributed by atoms with Gasteiger partial charge in [0.15, 0.2) is 0 Å². The minimum Gasteiger partial charge on any atom is -0.199 e. The number of nitrogens with zero attached hydrogens (tertiary/aromatic N) is 1. The van der Waals surface area contributed by atoms with Gasteiger partial charge in [0.1, 0.15) is 0 Å². The van der Waals surface area contributed by atoms with Gasteiger partial charge in [0.2, 0.25) is 0 Å². The van der Waals surface area contributed by atoms with Crippen LogP contribution in [0.1, 0.15) is 36.5 Å². The molecule has 0 aliphatic heterocycles. The molecule has 24 heavy (non-hydrogen) atoms. The maximum atomic E-state index is 12.7. The molecule has 124 valence electrons. The van der Waals surface area contributed by atoms with E-state index >= 15 is 0 Å². The van der Waals surface area contributed by atoms with Crippen LogP contribution in [-0.2, 0) is 10.0 Å². The first kappa shape index (κ1) is 15.9. The van der Waals surface area contributed by atoms with Crippen molar-refractivity contribution in [3.8, 4) is 0 Å². The maximum Gasteiger partial charge on any atom is 0.282 e. The van der Waals surface area contributed by atoms with Crippen LogP contribution in [0.25, 0.3) is 0 Å². The predicted molar refractivity (Wildman–Crippen MR) is 96.4 cm³/mol. The van der Waals surface area contributed by atoms with E-state index in [1.807, 2.05) is 19.1 Å². The van der Waals surface area contributed by atoms with Gasteiger partial charge in [0.05, 0.1) is 10.6 Å². The molecule has 0 N–H and O–H groups in total. The van der Waals surface area contributed by atoms with Gasteiger partial charge >= 0.3 is 0 Å². The number of halogens is 1. The Bertz CT molecular complexity index is 975. The van der Waals surface area contributed by atoms with Crippen LogP contribution in [0.2, 0.25) is 5.02 Å². The molecule has 0 spiro atoms. The van der Waals surface area contributed by atoms with Crippen LogP contribution in [-0.4, -0.2) is 14.1 Å². The quantitative estimate of drug-likeness (QED) is 0.787. The fraction of sp³-hybridized carbons (Fsp3) is 0.316. The first-order valence-corrected chi connectivity index (χ1v) is 9.75. The molecule has 0 heterocycles. The predicted octanol–water partition coefficient (Wildman–Crippen LogP) is 4.58. The monoisotopic (exact) mass is 359 g/mol. The van der Waals surface area contributed by atoms with Crippen LogP contribution in [0.3, 0.4) is 0 Å². The molecule has 1 fully saturated rings. The highest BCUT2D eigenvalue weighted by atomic mass is 35.5. The van der Waals surface area contributed by atoms with E-state index in [1.54, 1.807) is 30.3 Å². The lowest BCUT2D eigenvalue weighted by molar-refractivity contribution is 0.592. The number of hydrogen-bond donors (Lipinski definition) is 0. The zero-order valence-corrected chi connectivity index (χ0v) is 15.3. The second kappa shape index (κ2) is 4.93. The molecule has 3 nitrogen and oxygen atoms in total. The fourth-order valence-corrected chi connectivity index (χ4v) is 5.16. The standard InChI is InChI=1S/C19H18ClNO2S/c1-11-4-7-13(8-5-11)24(22,23)21-18-14-9-6-12(20)10-15(14)16-17(18)19(16,2)3/h4-10,16-17H,1-3H3/b21-18-/t16-,17-/m0/s1. The smallest absolute Gasteiger partial charge is 0.199 e. The van der Waals surface area contributed by atoms with E-state index in [4.69, 9.17) is 11.6 Å². The SMILES string of the molecule is Cc1ccc(S(=O)(=O)/N=C2/c3ccc(Cl)cc3[C@H]3[C@@H]2C3(C)C)cc1. The van der Waals surface area contributed by atoms with Crippen molar-refractivity contribution in [1.29, 1.82) is 0 Å². The van der Waals surface area contributed by atoms with Crippen molar-refractivity contribution >= 4 is 27.3 Å². The molecule has 0 amide bonds. The summed E-state index contributed by atoms with van der Waals surface area (Å²) in [4.78, 5) is 0.234. The van der Waals surface area contributed by atoms with Crippen LogP contribution in [0.4, 0.5) is 0 Å². The zero-order chi connectivity index (χ0) is 17.3. The summed E-state index contributed by atoms with van der Waals surface area (Å²) in [6.45, 7) is 6.23. The number of fused-ring (bicyclic) bond motifs is 3. The first-order valence-electron chi connectivity index (χ1n) is 7.93. The van der Waals surface area contributed by atoms with E-state index in [9.17, 15) is 8.42 Å². The van der Waals surface area contributed by atoms with E-state index in [-0.39, 0.29) is 16.2 Å². The molecular formula is C19H18ClNO2S. The van der Waals surface area contributed by atoms with E-state index in [0.29, 0.717) is 16.7 Å². The highest BCUT2D eigenvalue weighted by Gasteiger charge is 2.65. The average molecular weight is 360 g/mol. The third-order valence-corrected chi connectivity index (χ3v) is 6.82. The molecule has 0 unspecified atom stereocenters. The molecule has 4 rings (SSSR count). The molecule has 0 aromatic heterocycles. The second-order valence-electron chi connectivity index (χ2n) is 7.27. The summed E-state index contributed by atoms with van der Waals surface area (Å²) in [5.74, 6) is 0.448. The molecule has 2 aromatic rings. The number of sulfonamides is 1. The molecule has 2 aliphatic carbocycles. The van der Waals surface area contributed by atoms with Crippen molar-refractivity contribution < 1.29 is 8.42 Å². The van der Waals surface area contributed by atoms with Gasteiger partial charge in [0, 0.05) is 16.5 Å². The fourth-order valence-electron chi connectivity index (χ4n) is 3.92. The van der Waals surface area contributed by atoms with E-state index in [2.05, 4.69) is 18.2 Å². The summed E-state index contributed by atoms with van der Waals surface area (Å²) in [5, 5.41) is 0.679. The largest absolute Gasteiger partial charge is 0.282 e. The van der Waals surface area contributed by atoms with Crippen molar-refractivity contribution in [2.45, 2.75) is 31.6 Å².